The van der Waals surface area contributed by atoms with E-state index in [1.807, 2.05) is 6.07 Å². The molecule has 14 heavy (non-hydrogen) atoms. The highest BCUT2D eigenvalue weighted by Crippen LogP contribution is 2.28. The molecule has 72 valence electrons. The summed E-state index contributed by atoms with van der Waals surface area (Å²) in [5, 5.41) is 8.73. The first kappa shape index (κ1) is 8.82. The van der Waals surface area contributed by atoms with E-state index in [4.69, 9.17) is 15.7 Å². The Balaban J connectivity index is 2.20. The average molecular weight is 189 g/mol. The van der Waals surface area contributed by atoms with Gasteiger partial charge < -0.3 is 10.5 Å². The molecule has 2 rings (SSSR count). The van der Waals surface area contributed by atoms with Crippen LogP contribution >= 0.6 is 0 Å². The van der Waals surface area contributed by atoms with Crippen LogP contribution in [-0.2, 0) is 0 Å². The third kappa shape index (κ3) is 1.49. The molecule has 1 aliphatic rings. The van der Waals surface area contributed by atoms with E-state index in [-0.39, 0.29) is 6.10 Å². The van der Waals surface area contributed by atoms with Crippen molar-refractivity contribution >= 4 is 5.69 Å². The monoisotopic (exact) mass is 189 g/mol. The Morgan fingerprint density at radius 2 is 2.36 bits per heavy atom. The van der Waals surface area contributed by atoms with Crippen molar-refractivity contribution in [2.24, 2.45) is 0 Å². The van der Waals surface area contributed by atoms with Crippen molar-refractivity contribution in [1.29, 1.82) is 5.26 Å². The van der Waals surface area contributed by atoms with Crippen molar-refractivity contribution in [3.05, 3.63) is 17.8 Å². The molecule has 2 N–H and O–H groups in total. The molecule has 1 aromatic rings. The van der Waals surface area contributed by atoms with Gasteiger partial charge in [-0.15, -0.1) is 0 Å². The number of nitrogen functional groups attached to an aromatic ring is 1. The number of nitrogens with zero attached hydrogens (tertiary/aromatic N) is 2. The Labute approximate surface area is 82.3 Å². The van der Waals surface area contributed by atoms with Crippen LogP contribution in [0.2, 0.25) is 0 Å². The third-order valence-electron chi connectivity index (χ3n) is 2.40. The van der Waals surface area contributed by atoms with E-state index < -0.39 is 0 Å². The van der Waals surface area contributed by atoms with Gasteiger partial charge in [0.1, 0.15) is 17.9 Å². The first-order valence-electron chi connectivity index (χ1n) is 4.62. The van der Waals surface area contributed by atoms with E-state index >= 15 is 0 Å². The van der Waals surface area contributed by atoms with Crippen molar-refractivity contribution < 1.29 is 4.74 Å². The lowest BCUT2D eigenvalue weighted by Gasteiger charge is -2.26. The van der Waals surface area contributed by atoms with Gasteiger partial charge in [0, 0.05) is 6.20 Å². The minimum absolute atomic E-state index is 0.235. The van der Waals surface area contributed by atoms with E-state index in [2.05, 4.69) is 4.98 Å². The van der Waals surface area contributed by atoms with Crippen LogP contribution in [0.15, 0.2) is 12.3 Å². The molecular formula is C10H11N3O. The number of ether oxygens (including phenoxy) is 1. The number of aromatic nitrogens is 1. The lowest BCUT2D eigenvalue weighted by atomic mass is 9.96. The maximum absolute atomic E-state index is 8.73. The number of nitriles is 1. The fourth-order valence-corrected chi connectivity index (χ4v) is 1.29. The summed E-state index contributed by atoms with van der Waals surface area (Å²) in [5.41, 5.74) is 6.49. The molecule has 1 saturated carbocycles. The summed E-state index contributed by atoms with van der Waals surface area (Å²) in [5.74, 6) is 0.397. The smallest absolute Gasteiger partial charge is 0.238 e. The predicted molar refractivity (Wildman–Crippen MR) is 51.6 cm³/mol. The molecule has 0 radical (unpaired) electrons. The Morgan fingerprint density at radius 1 is 1.57 bits per heavy atom. The van der Waals surface area contributed by atoms with Gasteiger partial charge in [-0.05, 0) is 25.3 Å². The number of anilines is 1. The van der Waals surface area contributed by atoms with Gasteiger partial charge in [-0.25, -0.2) is 4.98 Å². The molecule has 1 aliphatic carbocycles. The summed E-state index contributed by atoms with van der Waals surface area (Å²) in [4.78, 5) is 4.01. The molecule has 0 aliphatic heterocycles. The van der Waals surface area contributed by atoms with Gasteiger partial charge in [0.05, 0.1) is 5.56 Å². The van der Waals surface area contributed by atoms with Gasteiger partial charge in [-0.3, -0.25) is 0 Å². The van der Waals surface area contributed by atoms with Crippen molar-refractivity contribution in [2.75, 3.05) is 5.73 Å². The molecule has 4 heteroatoms. The van der Waals surface area contributed by atoms with Gasteiger partial charge in [-0.1, -0.05) is 0 Å². The van der Waals surface area contributed by atoms with Gasteiger partial charge >= 0.3 is 0 Å². The molecule has 1 heterocycles. The van der Waals surface area contributed by atoms with Crippen LogP contribution in [0.1, 0.15) is 24.8 Å². The second kappa shape index (κ2) is 3.54. The van der Waals surface area contributed by atoms with Gasteiger partial charge in [0.15, 0.2) is 0 Å². The standard InChI is InChI=1S/C10H11N3O/c11-6-7-4-5-13-10(9(7)12)14-8-2-1-3-8/h4-5,8H,1-3,12H2. The highest BCUT2D eigenvalue weighted by atomic mass is 16.5. The summed E-state index contributed by atoms with van der Waals surface area (Å²) in [6, 6.07) is 3.59. The van der Waals surface area contributed by atoms with Gasteiger partial charge in [0.2, 0.25) is 5.88 Å². The molecule has 0 aromatic carbocycles. The van der Waals surface area contributed by atoms with Crippen LogP contribution in [0, 0.1) is 11.3 Å². The van der Waals surface area contributed by atoms with Crippen LogP contribution in [0.25, 0.3) is 0 Å². The minimum Gasteiger partial charge on any atom is -0.473 e. The lowest BCUT2D eigenvalue weighted by Crippen LogP contribution is -2.25. The lowest BCUT2D eigenvalue weighted by molar-refractivity contribution is 0.115. The third-order valence-corrected chi connectivity index (χ3v) is 2.40. The molecule has 1 fully saturated rings. The zero-order valence-corrected chi connectivity index (χ0v) is 7.73. The SMILES string of the molecule is N#Cc1ccnc(OC2CCC2)c1N. The first-order chi connectivity index (χ1) is 6.81. The van der Waals surface area contributed by atoms with Crippen LogP contribution in [0.5, 0.6) is 5.88 Å². The van der Waals surface area contributed by atoms with E-state index in [0.29, 0.717) is 17.1 Å². The van der Waals surface area contributed by atoms with Crippen molar-refractivity contribution in [3.8, 4) is 11.9 Å². The van der Waals surface area contributed by atoms with E-state index in [1.165, 1.54) is 6.42 Å². The van der Waals surface area contributed by atoms with Crippen molar-refractivity contribution in [1.82, 2.24) is 4.98 Å². The highest BCUT2D eigenvalue weighted by Gasteiger charge is 2.21. The molecule has 0 saturated heterocycles. The van der Waals surface area contributed by atoms with E-state index in [1.54, 1.807) is 12.3 Å². The molecule has 0 bridgehead atoms. The first-order valence-corrected chi connectivity index (χ1v) is 4.62. The Hall–Kier alpha value is -1.76. The number of hydrogen-bond acceptors (Lipinski definition) is 4. The van der Waals surface area contributed by atoms with Gasteiger partial charge in [-0.2, -0.15) is 5.26 Å². The molecule has 4 nitrogen and oxygen atoms in total. The number of hydrogen-bond donors (Lipinski definition) is 1. The second-order valence-corrected chi connectivity index (χ2v) is 3.36. The van der Waals surface area contributed by atoms with Gasteiger partial charge in [0.25, 0.3) is 0 Å². The molecule has 0 atom stereocenters. The number of rotatable bonds is 2. The summed E-state index contributed by atoms with van der Waals surface area (Å²) >= 11 is 0. The summed E-state index contributed by atoms with van der Waals surface area (Å²) in [6.45, 7) is 0. The molecule has 1 aromatic heterocycles. The Bertz CT molecular complexity index is 379. The second-order valence-electron chi connectivity index (χ2n) is 3.36. The molecule has 0 spiro atoms. The zero-order valence-electron chi connectivity index (χ0n) is 7.73. The summed E-state index contributed by atoms with van der Waals surface area (Å²) < 4.78 is 5.54. The highest BCUT2D eigenvalue weighted by molar-refractivity contribution is 5.59. The van der Waals surface area contributed by atoms with E-state index in [0.717, 1.165) is 12.8 Å². The van der Waals surface area contributed by atoms with Crippen LogP contribution in [0.4, 0.5) is 5.69 Å². The minimum atomic E-state index is 0.235. The normalized spacial score (nSPS) is 15.6. The number of nitrogens with two attached hydrogens (primary N) is 1. The van der Waals surface area contributed by atoms with Crippen LogP contribution < -0.4 is 10.5 Å². The Morgan fingerprint density at radius 3 is 2.93 bits per heavy atom. The average Bonchev–Trinajstić information content (AvgIpc) is 2.13. The van der Waals surface area contributed by atoms with Crippen LogP contribution in [-0.4, -0.2) is 11.1 Å². The fourth-order valence-electron chi connectivity index (χ4n) is 1.29. The van der Waals surface area contributed by atoms with Crippen molar-refractivity contribution in [3.63, 3.8) is 0 Å². The topological polar surface area (TPSA) is 71.9 Å². The zero-order chi connectivity index (χ0) is 9.97. The fraction of sp³-hybridized carbons (Fsp3) is 0.400. The van der Waals surface area contributed by atoms with Crippen molar-refractivity contribution in [2.45, 2.75) is 25.4 Å². The maximum Gasteiger partial charge on any atom is 0.238 e. The summed E-state index contributed by atoms with van der Waals surface area (Å²) in [6.07, 6.45) is 5.08. The van der Waals surface area contributed by atoms with E-state index in [9.17, 15) is 0 Å². The maximum atomic E-state index is 8.73. The molecular weight excluding hydrogens is 178 g/mol. The quantitative estimate of drug-likeness (QED) is 0.764. The number of pyridine rings is 1. The summed E-state index contributed by atoms with van der Waals surface area (Å²) in [7, 11) is 0. The van der Waals surface area contributed by atoms with Crippen LogP contribution in [0.3, 0.4) is 0 Å². The predicted octanol–water partition coefficient (Wildman–Crippen LogP) is 1.47. The molecule has 0 unspecified atom stereocenters. The molecule has 0 amide bonds. The largest absolute Gasteiger partial charge is 0.473 e. The Kier molecular flexibility index (Phi) is 2.23.